The number of aromatic nitrogens is 1. The van der Waals surface area contributed by atoms with Gasteiger partial charge < -0.3 is 29.0 Å². The largest absolute Gasteiger partial charge is 0.573 e. The number of nitrogens with zero attached hydrogens (tertiary/aromatic N) is 2. The van der Waals surface area contributed by atoms with E-state index in [1.165, 1.54) is 44.0 Å². The molecule has 1 saturated heterocycles. The molecule has 1 N–H and O–H groups in total. The highest BCUT2D eigenvalue weighted by atomic mass is 19.4. The number of carbonyl (C=O) groups excluding carboxylic acids is 2. The molecule has 1 aromatic heterocycles. The van der Waals surface area contributed by atoms with Crippen LogP contribution in [0.3, 0.4) is 0 Å². The number of amides is 2. The van der Waals surface area contributed by atoms with Crippen molar-refractivity contribution in [3.8, 4) is 11.5 Å². The molecule has 1 aliphatic heterocycles. The minimum atomic E-state index is -4.95. The molecule has 2 amide bonds. The van der Waals surface area contributed by atoms with E-state index in [-0.39, 0.29) is 30.2 Å². The first-order valence-corrected chi connectivity index (χ1v) is 12.6. The van der Waals surface area contributed by atoms with E-state index in [0.29, 0.717) is 0 Å². The van der Waals surface area contributed by atoms with Crippen LogP contribution in [0.2, 0.25) is 0 Å². The van der Waals surface area contributed by atoms with Gasteiger partial charge in [0.1, 0.15) is 34.9 Å². The zero-order valence-corrected chi connectivity index (χ0v) is 22.6. The van der Waals surface area contributed by atoms with Crippen molar-refractivity contribution in [2.24, 2.45) is 0 Å². The lowest BCUT2D eigenvalue weighted by molar-refractivity contribution is -0.274. The molecule has 4 rings (SSSR count). The Kier molecular flexibility index (Phi) is 8.85. The first kappa shape index (κ1) is 30.5. The molecule has 0 aliphatic carbocycles. The third kappa shape index (κ3) is 6.22. The Bertz CT molecular complexity index is 1500. The Morgan fingerprint density at radius 1 is 1.00 bits per heavy atom. The summed E-state index contributed by atoms with van der Waals surface area (Å²) in [6, 6.07) is 6.03. The van der Waals surface area contributed by atoms with Gasteiger partial charge in [0, 0.05) is 55.1 Å². The number of rotatable bonds is 9. The topological polar surface area (TPSA) is 99.1 Å². The molecular weight excluding hydrogens is 569 g/mol. The van der Waals surface area contributed by atoms with Crippen molar-refractivity contribution in [1.29, 1.82) is 0 Å². The molecule has 1 aliphatic rings. The van der Waals surface area contributed by atoms with E-state index in [9.17, 15) is 27.6 Å². The third-order valence-corrected chi connectivity index (χ3v) is 6.84. The number of hydrogen-bond donors (Lipinski definition) is 1. The average Bonchev–Trinajstić information content (AvgIpc) is 3.15. The van der Waals surface area contributed by atoms with Crippen LogP contribution in [-0.4, -0.2) is 55.7 Å². The molecule has 2 aromatic carbocycles. The quantitative estimate of drug-likeness (QED) is 0.376. The predicted molar refractivity (Wildman–Crippen MR) is 140 cm³/mol. The zero-order valence-electron chi connectivity index (χ0n) is 22.6. The highest BCUT2D eigenvalue weighted by Crippen LogP contribution is 2.40. The Balaban J connectivity index is 1.75. The summed E-state index contributed by atoms with van der Waals surface area (Å²) in [6.07, 6.45) is -3.46. The van der Waals surface area contributed by atoms with Crippen molar-refractivity contribution < 1.29 is 45.8 Å². The van der Waals surface area contributed by atoms with Crippen LogP contribution in [0, 0.1) is 11.6 Å². The van der Waals surface area contributed by atoms with Crippen molar-refractivity contribution >= 4 is 17.5 Å². The average molecular weight is 596 g/mol. The number of nitrogens with one attached hydrogen (secondary N) is 1. The molecule has 14 heteroatoms. The lowest BCUT2D eigenvalue weighted by Crippen LogP contribution is -2.44. The van der Waals surface area contributed by atoms with Crippen molar-refractivity contribution in [1.82, 2.24) is 9.88 Å². The SMILES string of the molecule is COCCn1cccc(N2C(=O)C(NC(=O)c3ccc(OC(F)(F)F)cc3)[C@H](c3c(F)cc(OC)cc3F)[C@H]2C)c1=O. The molecule has 0 radical (unpaired) electrons. The lowest BCUT2D eigenvalue weighted by atomic mass is 9.87. The second-order valence-corrected chi connectivity index (χ2v) is 9.39. The second-order valence-electron chi connectivity index (χ2n) is 9.39. The van der Waals surface area contributed by atoms with Crippen molar-refractivity contribution in [2.75, 3.05) is 25.7 Å². The predicted octanol–water partition coefficient (Wildman–Crippen LogP) is 4.00. The van der Waals surface area contributed by atoms with Crippen molar-refractivity contribution in [2.45, 2.75) is 37.8 Å². The summed E-state index contributed by atoms with van der Waals surface area (Å²) in [4.78, 5) is 41.3. The fourth-order valence-electron chi connectivity index (χ4n) is 4.94. The fraction of sp³-hybridized carbons (Fsp3) is 0.321. The van der Waals surface area contributed by atoms with Gasteiger partial charge in [-0.3, -0.25) is 14.4 Å². The first-order valence-electron chi connectivity index (χ1n) is 12.6. The second kappa shape index (κ2) is 12.2. The Morgan fingerprint density at radius 3 is 2.21 bits per heavy atom. The zero-order chi connectivity index (χ0) is 30.8. The highest BCUT2D eigenvalue weighted by molar-refractivity contribution is 6.05. The summed E-state index contributed by atoms with van der Waals surface area (Å²) in [6.45, 7) is 1.84. The fourth-order valence-corrected chi connectivity index (χ4v) is 4.94. The number of pyridine rings is 1. The third-order valence-electron chi connectivity index (χ3n) is 6.84. The smallest absolute Gasteiger partial charge is 0.497 e. The summed E-state index contributed by atoms with van der Waals surface area (Å²) in [5.74, 6) is -5.85. The minimum absolute atomic E-state index is 0.0872. The maximum atomic E-state index is 15.3. The molecule has 1 unspecified atom stereocenters. The summed E-state index contributed by atoms with van der Waals surface area (Å²) < 4.78 is 83.3. The van der Waals surface area contributed by atoms with Gasteiger partial charge in [-0.1, -0.05) is 0 Å². The van der Waals surface area contributed by atoms with E-state index in [1.807, 2.05) is 0 Å². The molecule has 0 saturated carbocycles. The molecule has 0 bridgehead atoms. The summed E-state index contributed by atoms with van der Waals surface area (Å²) in [5, 5.41) is 2.46. The van der Waals surface area contributed by atoms with Gasteiger partial charge in [-0.05, 0) is 43.3 Å². The van der Waals surface area contributed by atoms with Crippen molar-refractivity contribution in [3.05, 3.63) is 87.8 Å². The summed E-state index contributed by atoms with van der Waals surface area (Å²) >= 11 is 0. The molecule has 42 heavy (non-hydrogen) atoms. The van der Waals surface area contributed by atoms with Gasteiger partial charge in [0.15, 0.2) is 0 Å². The number of halogens is 5. The normalized spacial score (nSPS) is 18.7. The monoisotopic (exact) mass is 595 g/mol. The molecule has 3 aromatic rings. The molecule has 224 valence electrons. The number of benzene rings is 2. The molecule has 3 atom stereocenters. The molecule has 0 spiro atoms. The van der Waals surface area contributed by atoms with Gasteiger partial charge in [-0.25, -0.2) is 8.78 Å². The van der Waals surface area contributed by atoms with Crippen LogP contribution >= 0.6 is 0 Å². The number of methoxy groups -OCH3 is 2. The molecular formula is C28H26F5N3O6. The molecule has 9 nitrogen and oxygen atoms in total. The molecule has 1 fully saturated rings. The van der Waals surface area contributed by atoms with Crippen LogP contribution in [0.25, 0.3) is 0 Å². The Labute approximate surface area is 236 Å². The van der Waals surface area contributed by atoms with Crippen LogP contribution in [0.15, 0.2) is 59.5 Å². The van der Waals surface area contributed by atoms with Crippen LogP contribution in [0.4, 0.5) is 27.6 Å². The van der Waals surface area contributed by atoms with E-state index in [0.717, 1.165) is 41.3 Å². The summed E-state index contributed by atoms with van der Waals surface area (Å²) in [5.41, 5.74) is -1.33. The van der Waals surface area contributed by atoms with Gasteiger partial charge >= 0.3 is 6.36 Å². The lowest BCUT2D eigenvalue weighted by Gasteiger charge is -2.26. The first-order chi connectivity index (χ1) is 19.9. The number of anilines is 1. The van der Waals surface area contributed by atoms with Gasteiger partial charge in [0.25, 0.3) is 17.4 Å². The Morgan fingerprint density at radius 2 is 1.64 bits per heavy atom. The Hall–Kier alpha value is -4.46. The number of alkyl halides is 3. The maximum absolute atomic E-state index is 15.3. The van der Waals surface area contributed by atoms with Crippen LogP contribution in [0.5, 0.6) is 11.5 Å². The van der Waals surface area contributed by atoms with Crippen molar-refractivity contribution in [3.63, 3.8) is 0 Å². The van der Waals surface area contributed by atoms with E-state index in [1.54, 1.807) is 0 Å². The number of ether oxygens (including phenoxy) is 3. The maximum Gasteiger partial charge on any atom is 0.573 e. The van der Waals surface area contributed by atoms with E-state index in [4.69, 9.17) is 9.47 Å². The van der Waals surface area contributed by atoms with Gasteiger partial charge in [0.2, 0.25) is 0 Å². The van der Waals surface area contributed by atoms with E-state index in [2.05, 4.69) is 10.1 Å². The standard InChI is InChI=1S/C28H26F5N3O6/c1-15-22(23-19(29)13-18(41-3)14-20(23)30)24(34-25(37)16-6-8-17(9-7-16)42-28(31,32)33)27(39)36(15)21-5-4-10-35(26(21)38)11-12-40-2/h4-10,13-15,22,24H,11-12H2,1-3H3,(H,34,37)/t15-,22+,24?/m1/s1. The van der Waals surface area contributed by atoms with Crippen LogP contribution < -0.4 is 25.2 Å². The number of carbonyl (C=O) groups is 2. The van der Waals surface area contributed by atoms with Gasteiger partial charge in [-0.15, -0.1) is 13.2 Å². The highest BCUT2D eigenvalue weighted by Gasteiger charge is 2.50. The van der Waals surface area contributed by atoms with Gasteiger partial charge in [0.05, 0.1) is 13.7 Å². The van der Waals surface area contributed by atoms with E-state index >= 15 is 8.78 Å². The summed E-state index contributed by atoms with van der Waals surface area (Å²) in [7, 11) is 2.67. The van der Waals surface area contributed by atoms with Gasteiger partial charge in [-0.2, -0.15) is 0 Å². The minimum Gasteiger partial charge on any atom is -0.497 e. The van der Waals surface area contributed by atoms with Crippen LogP contribution in [-0.2, 0) is 16.1 Å². The van der Waals surface area contributed by atoms with Crippen LogP contribution in [0.1, 0.15) is 28.8 Å². The molecule has 2 heterocycles. The van der Waals surface area contributed by atoms with E-state index < -0.39 is 64.7 Å². The number of hydrogen-bond acceptors (Lipinski definition) is 6.